The van der Waals surface area contributed by atoms with E-state index in [0.717, 1.165) is 49.1 Å². The van der Waals surface area contributed by atoms with Gasteiger partial charge in [-0.05, 0) is 81.2 Å². The van der Waals surface area contributed by atoms with E-state index in [0.29, 0.717) is 18.7 Å². The number of rotatable bonds is 7. The van der Waals surface area contributed by atoms with Crippen LogP contribution in [0.1, 0.15) is 48.1 Å². The second-order valence-electron chi connectivity index (χ2n) is 9.02. The summed E-state index contributed by atoms with van der Waals surface area (Å²) in [5, 5.41) is 11.3. The first-order chi connectivity index (χ1) is 15.9. The molecule has 2 aromatic carbocycles. The highest BCUT2D eigenvalue weighted by Crippen LogP contribution is 2.40. The van der Waals surface area contributed by atoms with E-state index in [1.807, 2.05) is 50.5 Å². The molecule has 0 aliphatic carbocycles. The molecule has 174 valence electrons. The molecule has 1 N–H and O–H groups in total. The summed E-state index contributed by atoms with van der Waals surface area (Å²) in [7, 11) is 3.96. The van der Waals surface area contributed by atoms with Crippen LogP contribution in [0.25, 0.3) is 5.76 Å². The zero-order valence-electron chi connectivity index (χ0n) is 19.6. The van der Waals surface area contributed by atoms with Crippen LogP contribution >= 0.6 is 0 Å². The van der Waals surface area contributed by atoms with Crippen molar-refractivity contribution in [3.8, 4) is 5.75 Å². The second-order valence-corrected chi connectivity index (χ2v) is 9.02. The number of carbonyl (C=O) groups is 2. The summed E-state index contributed by atoms with van der Waals surface area (Å²) in [5.41, 5.74) is 3.72. The minimum absolute atomic E-state index is 0.124. The van der Waals surface area contributed by atoms with Gasteiger partial charge in [0.25, 0.3) is 11.7 Å². The van der Waals surface area contributed by atoms with Gasteiger partial charge in [0.1, 0.15) is 11.5 Å². The van der Waals surface area contributed by atoms with Gasteiger partial charge in [0, 0.05) is 12.1 Å². The van der Waals surface area contributed by atoms with Gasteiger partial charge < -0.3 is 19.6 Å². The number of aliphatic hydroxyl groups is 1. The summed E-state index contributed by atoms with van der Waals surface area (Å²) >= 11 is 0. The van der Waals surface area contributed by atoms with Crippen molar-refractivity contribution >= 4 is 17.4 Å². The molecule has 6 nitrogen and oxygen atoms in total. The number of amides is 1. The van der Waals surface area contributed by atoms with Gasteiger partial charge in [-0.1, -0.05) is 31.2 Å². The highest BCUT2D eigenvalue weighted by atomic mass is 16.5. The molecule has 2 heterocycles. The number of Topliss-reactive ketones (excluding diaryl/α,β-unsaturated/α-hetero) is 1. The maximum atomic E-state index is 13.2. The smallest absolute Gasteiger partial charge is 0.295 e. The topological polar surface area (TPSA) is 70.1 Å². The van der Waals surface area contributed by atoms with Gasteiger partial charge in [-0.15, -0.1) is 0 Å². The van der Waals surface area contributed by atoms with Gasteiger partial charge >= 0.3 is 0 Å². The fourth-order valence-corrected chi connectivity index (χ4v) is 4.61. The minimum atomic E-state index is -0.629. The molecule has 2 aliphatic rings. The van der Waals surface area contributed by atoms with Crippen molar-refractivity contribution < 1.29 is 19.4 Å². The van der Waals surface area contributed by atoms with E-state index in [-0.39, 0.29) is 11.3 Å². The summed E-state index contributed by atoms with van der Waals surface area (Å²) < 4.78 is 5.68. The fourth-order valence-electron chi connectivity index (χ4n) is 4.61. The second kappa shape index (κ2) is 9.79. The average Bonchev–Trinajstić information content (AvgIpc) is 3.08. The normalized spacial score (nSPS) is 19.6. The van der Waals surface area contributed by atoms with Crippen molar-refractivity contribution in [2.45, 2.75) is 38.6 Å². The van der Waals surface area contributed by atoms with E-state index in [4.69, 9.17) is 4.74 Å². The highest BCUT2D eigenvalue weighted by molar-refractivity contribution is 6.46. The third kappa shape index (κ3) is 4.67. The number of ether oxygens (including phenoxy) is 1. The predicted octanol–water partition coefficient (Wildman–Crippen LogP) is 3.95. The van der Waals surface area contributed by atoms with Crippen molar-refractivity contribution in [3.05, 3.63) is 70.3 Å². The molecule has 33 heavy (non-hydrogen) atoms. The Labute approximate surface area is 195 Å². The van der Waals surface area contributed by atoms with Crippen molar-refractivity contribution in [1.82, 2.24) is 9.80 Å². The van der Waals surface area contributed by atoms with Gasteiger partial charge in [0.15, 0.2) is 0 Å². The van der Waals surface area contributed by atoms with E-state index in [9.17, 15) is 14.7 Å². The van der Waals surface area contributed by atoms with Crippen LogP contribution in [0.4, 0.5) is 0 Å². The molecule has 2 aliphatic heterocycles. The van der Waals surface area contributed by atoms with Gasteiger partial charge in [-0.2, -0.15) is 0 Å². The molecule has 1 amide bonds. The Morgan fingerprint density at radius 1 is 1.15 bits per heavy atom. The molecule has 0 saturated carbocycles. The summed E-state index contributed by atoms with van der Waals surface area (Å²) in [6, 6.07) is 12.8. The molecule has 4 rings (SSSR count). The van der Waals surface area contributed by atoms with E-state index in [1.165, 1.54) is 5.56 Å². The molecule has 6 heteroatoms. The molecule has 2 aromatic rings. The Hall–Kier alpha value is -3.12. The number of hydrogen-bond donors (Lipinski definition) is 1. The zero-order valence-corrected chi connectivity index (χ0v) is 19.6. The first-order valence-corrected chi connectivity index (χ1v) is 11.7. The molecule has 1 saturated heterocycles. The molecule has 1 atom stereocenters. The number of hydrogen-bond acceptors (Lipinski definition) is 5. The SMILES string of the molecule is CCc1ccc(C2/C(=C(/O)c3ccc4c(c3)CCCO4)C(=O)C(=O)N2CCCN(C)C)cc1. The molecular weight excluding hydrogens is 416 g/mol. The molecule has 1 fully saturated rings. The molecular formula is C27H32N2O4. The van der Waals surface area contributed by atoms with Gasteiger partial charge in [-0.3, -0.25) is 9.59 Å². The van der Waals surface area contributed by atoms with E-state index < -0.39 is 17.7 Å². The number of fused-ring (bicyclic) bond motifs is 1. The Kier molecular flexibility index (Phi) is 6.84. The average molecular weight is 449 g/mol. The maximum Gasteiger partial charge on any atom is 0.295 e. The van der Waals surface area contributed by atoms with E-state index >= 15 is 0 Å². The summed E-state index contributed by atoms with van der Waals surface area (Å²) in [6.45, 7) is 4.01. The lowest BCUT2D eigenvalue weighted by molar-refractivity contribution is -0.139. The van der Waals surface area contributed by atoms with Crippen LogP contribution in [0.2, 0.25) is 0 Å². The summed E-state index contributed by atoms with van der Waals surface area (Å²) in [4.78, 5) is 29.9. The fraction of sp³-hybridized carbons (Fsp3) is 0.407. The number of aliphatic hydroxyl groups excluding tert-OH is 1. The third-order valence-electron chi connectivity index (χ3n) is 6.43. The largest absolute Gasteiger partial charge is 0.507 e. The summed E-state index contributed by atoms with van der Waals surface area (Å²) in [5.74, 6) is -0.493. The number of ketones is 1. The van der Waals surface area contributed by atoms with Crippen molar-refractivity contribution in [2.75, 3.05) is 33.8 Å². The number of carbonyl (C=O) groups excluding carboxylic acids is 2. The monoisotopic (exact) mass is 448 g/mol. The summed E-state index contributed by atoms with van der Waals surface area (Å²) in [6.07, 6.45) is 3.41. The predicted molar refractivity (Wildman–Crippen MR) is 128 cm³/mol. The van der Waals surface area contributed by atoms with Crippen molar-refractivity contribution in [3.63, 3.8) is 0 Å². The van der Waals surface area contributed by atoms with Crippen LogP contribution in [-0.2, 0) is 22.4 Å². The lowest BCUT2D eigenvalue weighted by Crippen LogP contribution is -2.32. The molecule has 0 aromatic heterocycles. The minimum Gasteiger partial charge on any atom is -0.507 e. The van der Waals surface area contributed by atoms with Crippen LogP contribution in [0.15, 0.2) is 48.0 Å². The van der Waals surface area contributed by atoms with E-state index in [2.05, 4.69) is 11.8 Å². The van der Waals surface area contributed by atoms with Crippen LogP contribution < -0.4 is 4.74 Å². The first-order valence-electron chi connectivity index (χ1n) is 11.7. The zero-order chi connectivity index (χ0) is 23.5. The quantitative estimate of drug-likeness (QED) is 0.395. The number of aryl methyl sites for hydroxylation is 2. The van der Waals surface area contributed by atoms with Crippen LogP contribution in [0.3, 0.4) is 0 Å². The first kappa shape index (κ1) is 23.1. The molecule has 1 unspecified atom stereocenters. The Morgan fingerprint density at radius 2 is 1.91 bits per heavy atom. The Balaban J connectivity index is 1.77. The van der Waals surface area contributed by atoms with E-state index in [1.54, 1.807) is 11.0 Å². The number of benzene rings is 2. The van der Waals surface area contributed by atoms with Crippen molar-refractivity contribution in [1.29, 1.82) is 0 Å². The number of likely N-dealkylation sites (tertiary alicyclic amines) is 1. The maximum absolute atomic E-state index is 13.2. The molecule has 0 bridgehead atoms. The van der Waals surface area contributed by atoms with Gasteiger partial charge in [0.2, 0.25) is 0 Å². The third-order valence-corrected chi connectivity index (χ3v) is 6.43. The molecule has 0 radical (unpaired) electrons. The lowest BCUT2D eigenvalue weighted by atomic mass is 9.93. The number of nitrogens with zero attached hydrogens (tertiary/aromatic N) is 2. The standard InChI is InChI=1S/C27H32N2O4/c1-4-18-8-10-19(11-9-18)24-23(26(31)27(32)29(24)15-6-14-28(2)3)25(30)21-12-13-22-20(17-21)7-5-16-33-22/h8-13,17,24,30H,4-7,14-16H2,1-3H3/b25-23-. The van der Waals surface area contributed by atoms with Crippen LogP contribution in [-0.4, -0.2) is 60.4 Å². The van der Waals surface area contributed by atoms with Crippen LogP contribution in [0.5, 0.6) is 5.75 Å². The van der Waals surface area contributed by atoms with Gasteiger partial charge in [0.05, 0.1) is 18.2 Å². The highest BCUT2D eigenvalue weighted by Gasteiger charge is 2.45. The Morgan fingerprint density at radius 3 is 2.61 bits per heavy atom. The van der Waals surface area contributed by atoms with Gasteiger partial charge in [-0.25, -0.2) is 0 Å². The Bertz CT molecular complexity index is 1070. The lowest BCUT2D eigenvalue weighted by Gasteiger charge is -2.26. The van der Waals surface area contributed by atoms with Crippen molar-refractivity contribution in [2.24, 2.45) is 0 Å². The molecule has 0 spiro atoms. The van der Waals surface area contributed by atoms with Crippen LogP contribution in [0, 0.1) is 0 Å².